The van der Waals surface area contributed by atoms with Crippen LogP contribution in [0.15, 0.2) is 53.9 Å². The fourth-order valence-electron chi connectivity index (χ4n) is 2.66. The molecule has 2 heterocycles. The van der Waals surface area contributed by atoms with E-state index in [0.717, 1.165) is 22.8 Å². The molecule has 1 amide bonds. The standard InChI is InChI=1S/C20H24N6O2S/c1-25(2)17-6-4-16(5-7-17)22-18(27)14-29-20-24-23-19(26(20)12-13-28-3)15-8-10-21-11-9-15/h4-11H,12-14H2,1-3H3,(H,22,27). The molecule has 0 atom stereocenters. The van der Waals surface area contributed by atoms with E-state index in [-0.39, 0.29) is 11.7 Å². The molecule has 2 aromatic heterocycles. The van der Waals surface area contributed by atoms with Crippen LogP contribution in [0.4, 0.5) is 11.4 Å². The van der Waals surface area contributed by atoms with Gasteiger partial charge in [-0.2, -0.15) is 0 Å². The molecule has 3 aromatic rings. The summed E-state index contributed by atoms with van der Waals surface area (Å²) in [5.41, 5.74) is 2.76. The summed E-state index contributed by atoms with van der Waals surface area (Å²) in [5.74, 6) is 0.864. The number of carbonyl (C=O) groups excluding carboxylic acids is 1. The van der Waals surface area contributed by atoms with Crippen LogP contribution in [0.3, 0.4) is 0 Å². The van der Waals surface area contributed by atoms with E-state index in [1.54, 1.807) is 19.5 Å². The zero-order chi connectivity index (χ0) is 20.6. The molecule has 29 heavy (non-hydrogen) atoms. The molecule has 9 heteroatoms. The maximum Gasteiger partial charge on any atom is 0.234 e. The predicted molar refractivity (Wildman–Crippen MR) is 115 cm³/mol. The molecular weight excluding hydrogens is 388 g/mol. The number of amides is 1. The van der Waals surface area contributed by atoms with Gasteiger partial charge in [-0.05, 0) is 36.4 Å². The Labute approximate surface area is 174 Å². The summed E-state index contributed by atoms with van der Waals surface area (Å²) in [5, 5.41) is 12.2. The highest BCUT2D eigenvalue weighted by molar-refractivity contribution is 7.99. The van der Waals surface area contributed by atoms with E-state index in [4.69, 9.17) is 4.74 Å². The van der Waals surface area contributed by atoms with Gasteiger partial charge in [-0.25, -0.2) is 0 Å². The second-order valence-corrected chi connectivity index (χ2v) is 7.41. The third kappa shape index (κ3) is 5.55. The minimum atomic E-state index is -0.0978. The number of hydrogen-bond donors (Lipinski definition) is 1. The lowest BCUT2D eigenvalue weighted by Gasteiger charge is -2.13. The number of benzene rings is 1. The van der Waals surface area contributed by atoms with Crippen LogP contribution in [0.5, 0.6) is 0 Å². The maximum absolute atomic E-state index is 12.4. The summed E-state index contributed by atoms with van der Waals surface area (Å²) >= 11 is 1.35. The Morgan fingerprint density at radius 1 is 1.14 bits per heavy atom. The molecule has 0 saturated heterocycles. The number of hydrogen-bond acceptors (Lipinski definition) is 7. The van der Waals surface area contributed by atoms with Crippen LogP contribution < -0.4 is 10.2 Å². The smallest absolute Gasteiger partial charge is 0.234 e. The summed E-state index contributed by atoms with van der Waals surface area (Å²) in [6.07, 6.45) is 3.43. The van der Waals surface area contributed by atoms with Gasteiger partial charge < -0.3 is 15.0 Å². The number of methoxy groups -OCH3 is 1. The maximum atomic E-state index is 12.4. The lowest BCUT2D eigenvalue weighted by atomic mass is 10.2. The third-order valence-electron chi connectivity index (χ3n) is 4.17. The molecular formula is C20H24N6O2S. The van der Waals surface area contributed by atoms with E-state index < -0.39 is 0 Å². The number of pyridine rings is 1. The summed E-state index contributed by atoms with van der Waals surface area (Å²) in [7, 11) is 5.60. The minimum Gasteiger partial charge on any atom is -0.383 e. The van der Waals surface area contributed by atoms with Crippen LogP contribution in [-0.4, -0.2) is 59.2 Å². The normalized spacial score (nSPS) is 10.7. The average molecular weight is 413 g/mol. The molecule has 8 nitrogen and oxygen atoms in total. The molecule has 0 bridgehead atoms. The second kappa shape index (κ2) is 10.0. The first-order chi connectivity index (χ1) is 14.1. The van der Waals surface area contributed by atoms with Gasteiger partial charge in [0.25, 0.3) is 0 Å². The van der Waals surface area contributed by atoms with Crippen molar-refractivity contribution in [3.05, 3.63) is 48.8 Å². The minimum absolute atomic E-state index is 0.0978. The number of carbonyl (C=O) groups is 1. The van der Waals surface area contributed by atoms with E-state index in [0.29, 0.717) is 18.3 Å². The van der Waals surface area contributed by atoms with Crippen LogP contribution in [0, 0.1) is 0 Å². The monoisotopic (exact) mass is 412 g/mol. The lowest BCUT2D eigenvalue weighted by molar-refractivity contribution is -0.113. The molecule has 152 valence electrons. The number of anilines is 2. The zero-order valence-corrected chi connectivity index (χ0v) is 17.5. The van der Waals surface area contributed by atoms with Crippen molar-refractivity contribution in [2.75, 3.05) is 43.8 Å². The van der Waals surface area contributed by atoms with Crippen molar-refractivity contribution < 1.29 is 9.53 Å². The van der Waals surface area contributed by atoms with Crippen LogP contribution in [-0.2, 0) is 16.1 Å². The van der Waals surface area contributed by atoms with Gasteiger partial charge in [-0.15, -0.1) is 10.2 Å². The van der Waals surface area contributed by atoms with Gasteiger partial charge in [-0.1, -0.05) is 11.8 Å². The van der Waals surface area contributed by atoms with Crippen molar-refractivity contribution >= 4 is 29.0 Å². The molecule has 3 rings (SSSR count). The highest BCUT2D eigenvalue weighted by Gasteiger charge is 2.15. The number of nitrogens with one attached hydrogen (secondary N) is 1. The van der Waals surface area contributed by atoms with Gasteiger partial charge in [0.15, 0.2) is 11.0 Å². The summed E-state index contributed by atoms with van der Waals surface area (Å²) < 4.78 is 7.17. The number of rotatable bonds is 9. The third-order valence-corrected chi connectivity index (χ3v) is 5.14. The van der Waals surface area contributed by atoms with Crippen LogP contribution in [0.1, 0.15) is 0 Å². The van der Waals surface area contributed by atoms with E-state index in [1.807, 2.05) is 60.0 Å². The van der Waals surface area contributed by atoms with Crippen LogP contribution in [0.25, 0.3) is 11.4 Å². The molecule has 0 radical (unpaired) electrons. The van der Waals surface area contributed by atoms with E-state index in [2.05, 4.69) is 20.5 Å². The summed E-state index contributed by atoms with van der Waals surface area (Å²) in [4.78, 5) is 18.4. The number of nitrogens with zero attached hydrogens (tertiary/aromatic N) is 5. The first kappa shape index (κ1) is 20.8. The van der Waals surface area contributed by atoms with Gasteiger partial charge >= 0.3 is 0 Å². The summed E-state index contributed by atoms with van der Waals surface area (Å²) in [6, 6.07) is 11.5. The van der Waals surface area contributed by atoms with Crippen molar-refractivity contribution in [1.82, 2.24) is 19.7 Å². The van der Waals surface area contributed by atoms with Crippen LogP contribution in [0.2, 0.25) is 0 Å². The molecule has 0 aliphatic carbocycles. The lowest BCUT2D eigenvalue weighted by Crippen LogP contribution is -2.15. The van der Waals surface area contributed by atoms with E-state index in [1.165, 1.54) is 11.8 Å². The van der Waals surface area contributed by atoms with Crippen molar-refractivity contribution in [2.45, 2.75) is 11.7 Å². The first-order valence-corrected chi connectivity index (χ1v) is 10.1. The van der Waals surface area contributed by atoms with Crippen molar-refractivity contribution in [2.24, 2.45) is 0 Å². The first-order valence-electron chi connectivity index (χ1n) is 9.11. The SMILES string of the molecule is COCCn1c(SCC(=O)Nc2ccc(N(C)C)cc2)nnc1-c1ccncc1. The molecule has 0 fully saturated rings. The highest BCUT2D eigenvalue weighted by Crippen LogP contribution is 2.24. The van der Waals surface area contributed by atoms with Gasteiger partial charge in [-0.3, -0.25) is 14.3 Å². The fourth-order valence-corrected chi connectivity index (χ4v) is 3.43. The molecule has 0 unspecified atom stereocenters. The Morgan fingerprint density at radius 3 is 2.52 bits per heavy atom. The van der Waals surface area contributed by atoms with Gasteiger partial charge in [0.1, 0.15) is 0 Å². The Balaban J connectivity index is 1.66. The zero-order valence-electron chi connectivity index (χ0n) is 16.7. The molecule has 0 aliphatic heterocycles. The molecule has 1 aromatic carbocycles. The Morgan fingerprint density at radius 2 is 1.86 bits per heavy atom. The highest BCUT2D eigenvalue weighted by atomic mass is 32.2. The van der Waals surface area contributed by atoms with Crippen LogP contribution >= 0.6 is 11.8 Å². The number of aromatic nitrogens is 4. The van der Waals surface area contributed by atoms with Crippen molar-refractivity contribution in [1.29, 1.82) is 0 Å². The van der Waals surface area contributed by atoms with Crippen molar-refractivity contribution in [3.8, 4) is 11.4 Å². The molecule has 0 aliphatic rings. The van der Waals surface area contributed by atoms with E-state index >= 15 is 0 Å². The summed E-state index contributed by atoms with van der Waals surface area (Å²) in [6.45, 7) is 1.12. The number of ether oxygens (including phenoxy) is 1. The Bertz CT molecular complexity index is 928. The number of thioether (sulfide) groups is 1. The van der Waals surface area contributed by atoms with Gasteiger partial charge in [0.05, 0.1) is 18.9 Å². The van der Waals surface area contributed by atoms with Gasteiger partial charge in [0.2, 0.25) is 5.91 Å². The fraction of sp³-hybridized carbons (Fsp3) is 0.300. The molecule has 0 saturated carbocycles. The molecule has 1 N–H and O–H groups in total. The Kier molecular flexibility index (Phi) is 7.20. The molecule has 0 spiro atoms. The second-order valence-electron chi connectivity index (χ2n) is 6.46. The Hall–Kier alpha value is -2.91. The predicted octanol–water partition coefficient (Wildman–Crippen LogP) is 2.78. The average Bonchev–Trinajstić information content (AvgIpc) is 3.14. The van der Waals surface area contributed by atoms with Crippen molar-refractivity contribution in [3.63, 3.8) is 0 Å². The largest absolute Gasteiger partial charge is 0.383 e. The topological polar surface area (TPSA) is 85.2 Å². The quantitative estimate of drug-likeness (QED) is 0.541. The van der Waals surface area contributed by atoms with Gasteiger partial charge in [0, 0.05) is 50.5 Å². The van der Waals surface area contributed by atoms with E-state index in [9.17, 15) is 4.79 Å².